The third-order valence-electron chi connectivity index (χ3n) is 3.14. The summed E-state index contributed by atoms with van der Waals surface area (Å²) in [6.07, 6.45) is 0.933. The summed E-state index contributed by atoms with van der Waals surface area (Å²) >= 11 is 0. The Balaban J connectivity index is 2.32. The maximum Gasteiger partial charge on any atom is 0.122 e. The van der Waals surface area contributed by atoms with Crippen LogP contribution >= 0.6 is 0 Å². The fraction of sp³-hybridized carbons (Fsp3) is 0.462. The van der Waals surface area contributed by atoms with E-state index in [1.54, 1.807) is 0 Å². The van der Waals surface area contributed by atoms with Crippen molar-refractivity contribution in [3.63, 3.8) is 0 Å². The van der Waals surface area contributed by atoms with Gasteiger partial charge in [0, 0.05) is 12.5 Å². The normalized spacial score (nSPS) is 16.1. The summed E-state index contributed by atoms with van der Waals surface area (Å²) in [7, 11) is 0. The van der Waals surface area contributed by atoms with Crippen molar-refractivity contribution in [3.05, 3.63) is 29.3 Å². The fourth-order valence-electron chi connectivity index (χ4n) is 1.89. The summed E-state index contributed by atoms with van der Waals surface area (Å²) in [5.41, 5.74) is 7.77. The molecule has 1 atom stereocenters. The van der Waals surface area contributed by atoms with Crippen LogP contribution in [0.1, 0.15) is 31.0 Å². The minimum Gasteiger partial charge on any atom is -0.493 e. The molecule has 3 heteroatoms. The van der Waals surface area contributed by atoms with Crippen molar-refractivity contribution in [3.8, 4) is 11.8 Å². The number of nitrogens with two attached hydrogens (primary N) is 1. The molecule has 1 heterocycles. The Kier molecular flexibility index (Phi) is 2.61. The van der Waals surface area contributed by atoms with Crippen molar-refractivity contribution in [2.45, 2.75) is 26.3 Å². The average molecular weight is 216 g/mol. The lowest BCUT2D eigenvalue weighted by Crippen LogP contribution is -2.27. The van der Waals surface area contributed by atoms with Crippen molar-refractivity contribution in [2.75, 3.05) is 6.61 Å². The second-order valence-electron chi connectivity index (χ2n) is 4.78. The highest BCUT2D eigenvalue weighted by Gasteiger charge is 2.28. The van der Waals surface area contributed by atoms with Crippen LogP contribution in [0, 0.1) is 16.7 Å². The van der Waals surface area contributed by atoms with Crippen LogP contribution < -0.4 is 10.5 Å². The van der Waals surface area contributed by atoms with Gasteiger partial charge in [-0.05, 0) is 31.0 Å². The number of nitrogens with zero attached hydrogens (tertiary/aromatic N) is 1. The third-order valence-corrected chi connectivity index (χ3v) is 3.14. The highest BCUT2D eigenvalue weighted by molar-refractivity contribution is 5.41. The van der Waals surface area contributed by atoms with Crippen LogP contribution in [0.15, 0.2) is 18.2 Å². The lowest BCUT2D eigenvalue weighted by molar-refractivity contribution is 0.356. The Labute approximate surface area is 95.8 Å². The molecule has 16 heavy (non-hydrogen) atoms. The molecule has 0 saturated heterocycles. The van der Waals surface area contributed by atoms with E-state index in [1.807, 2.05) is 26.0 Å². The highest BCUT2D eigenvalue weighted by Crippen LogP contribution is 2.34. The van der Waals surface area contributed by atoms with Gasteiger partial charge in [0.15, 0.2) is 0 Å². The van der Waals surface area contributed by atoms with E-state index in [2.05, 4.69) is 12.1 Å². The molecule has 2 rings (SSSR count). The van der Waals surface area contributed by atoms with Gasteiger partial charge >= 0.3 is 0 Å². The number of benzene rings is 1. The summed E-state index contributed by atoms with van der Waals surface area (Å²) in [6, 6.07) is 7.95. The predicted molar refractivity (Wildman–Crippen MR) is 62.0 cm³/mol. The number of fused-ring (bicyclic) bond motifs is 1. The van der Waals surface area contributed by atoms with Crippen molar-refractivity contribution in [1.29, 1.82) is 5.26 Å². The van der Waals surface area contributed by atoms with E-state index in [-0.39, 0.29) is 6.04 Å². The third kappa shape index (κ3) is 1.77. The zero-order chi connectivity index (χ0) is 11.8. The topological polar surface area (TPSA) is 59.0 Å². The van der Waals surface area contributed by atoms with E-state index in [1.165, 1.54) is 5.56 Å². The quantitative estimate of drug-likeness (QED) is 0.824. The van der Waals surface area contributed by atoms with E-state index >= 15 is 0 Å². The fourth-order valence-corrected chi connectivity index (χ4v) is 1.89. The van der Waals surface area contributed by atoms with Gasteiger partial charge in [-0.1, -0.05) is 12.1 Å². The number of hydrogen-bond donors (Lipinski definition) is 1. The molecule has 0 fully saturated rings. The van der Waals surface area contributed by atoms with Crippen molar-refractivity contribution >= 4 is 0 Å². The SMILES string of the molecule is CC(C)(C#N)C(N)c1ccc2c(c1)CCO2. The first-order valence-corrected chi connectivity index (χ1v) is 5.47. The van der Waals surface area contributed by atoms with Gasteiger partial charge in [-0.15, -0.1) is 0 Å². The molecule has 1 unspecified atom stereocenters. The molecule has 0 aromatic heterocycles. The van der Waals surface area contributed by atoms with Gasteiger partial charge in [0.25, 0.3) is 0 Å². The number of nitriles is 1. The van der Waals surface area contributed by atoms with Crippen molar-refractivity contribution in [1.82, 2.24) is 0 Å². The first-order chi connectivity index (χ1) is 7.54. The number of hydrogen-bond acceptors (Lipinski definition) is 3. The first kappa shape index (κ1) is 11.0. The van der Waals surface area contributed by atoms with E-state index in [9.17, 15) is 0 Å². The molecular formula is C13H16N2O. The Morgan fingerprint density at radius 3 is 2.94 bits per heavy atom. The second-order valence-corrected chi connectivity index (χ2v) is 4.78. The van der Waals surface area contributed by atoms with Gasteiger partial charge in [-0.2, -0.15) is 5.26 Å². The summed E-state index contributed by atoms with van der Waals surface area (Å²) in [5.74, 6) is 0.950. The lowest BCUT2D eigenvalue weighted by Gasteiger charge is -2.24. The molecule has 0 amide bonds. The molecule has 1 aliphatic heterocycles. The molecule has 0 radical (unpaired) electrons. The van der Waals surface area contributed by atoms with Gasteiger partial charge in [0.05, 0.1) is 18.1 Å². The zero-order valence-electron chi connectivity index (χ0n) is 9.66. The Bertz CT molecular complexity index is 446. The summed E-state index contributed by atoms with van der Waals surface area (Å²) in [5, 5.41) is 9.06. The van der Waals surface area contributed by atoms with Gasteiger partial charge in [0.2, 0.25) is 0 Å². The molecule has 0 aliphatic carbocycles. The Morgan fingerprint density at radius 1 is 1.50 bits per heavy atom. The maximum absolute atomic E-state index is 9.06. The molecule has 0 spiro atoms. The van der Waals surface area contributed by atoms with Crippen LogP contribution in [0.25, 0.3) is 0 Å². The Morgan fingerprint density at radius 2 is 2.25 bits per heavy atom. The van der Waals surface area contributed by atoms with Crippen LogP contribution in [0.2, 0.25) is 0 Å². The Hall–Kier alpha value is -1.53. The lowest BCUT2D eigenvalue weighted by atomic mass is 9.82. The average Bonchev–Trinajstić information content (AvgIpc) is 2.74. The minimum atomic E-state index is -0.548. The molecule has 1 aromatic rings. The van der Waals surface area contributed by atoms with Crippen LogP contribution in [0.3, 0.4) is 0 Å². The monoisotopic (exact) mass is 216 g/mol. The standard InChI is InChI=1S/C13H16N2O/c1-13(2,8-14)12(15)10-3-4-11-9(7-10)5-6-16-11/h3-4,7,12H,5-6,15H2,1-2H3. The van der Waals surface area contributed by atoms with E-state index in [0.29, 0.717) is 0 Å². The van der Waals surface area contributed by atoms with Crippen LogP contribution in [-0.2, 0) is 6.42 Å². The highest BCUT2D eigenvalue weighted by atomic mass is 16.5. The van der Waals surface area contributed by atoms with Gasteiger partial charge in [0.1, 0.15) is 5.75 Å². The van der Waals surface area contributed by atoms with Crippen LogP contribution in [0.5, 0.6) is 5.75 Å². The predicted octanol–water partition coefficient (Wildman–Crippen LogP) is 2.17. The molecule has 0 bridgehead atoms. The molecule has 0 saturated carbocycles. The van der Waals surface area contributed by atoms with Gasteiger partial charge in [-0.25, -0.2) is 0 Å². The summed E-state index contributed by atoms with van der Waals surface area (Å²) in [6.45, 7) is 4.47. The molecule has 1 aromatic carbocycles. The molecule has 1 aliphatic rings. The first-order valence-electron chi connectivity index (χ1n) is 5.47. The van der Waals surface area contributed by atoms with Gasteiger partial charge in [-0.3, -0.25) is 0 Å². The van der Waals surface area contributed by atoms with Crippen molar-refractivity contribution < 1.29 is 4.74 Å². The molecule has 3 nitrogen and oxygen atoms in total. The molecule has 84 valence electrons. The molecule has 2 N–H and O–H groups in total. The number of ether oxygens (including phenoxy) is 1. The second kappa shape index (κ2) is 3.80. The summed E-state index contributed by atoms with van der Waals surface area (Å²) in [4.78, 5) is 0. The minimum absolute atomic E-state index is 0.261. The van der Waals surface area contributed by atoms with Crippen LogP contribution in [-0.4, -0.2) is 6.61 Å². The van der Waals surface area contributed by atoms with E-state index < -0.39 is 5.41 Å². The zero-order valence-corrected chi connectivity index (χ0v) is 9.66. The number of rotatable bonds is 2. The molecular weight excluding hydrogens is 200 g/mol. The van der Waals surface area contributed by atoms with Crippen molar-refractivity contribution in [2.24, 2.45) is 11.1 Å². The smallest absolute Gasteiger partial charge is 0.122 e. The van der Waals surface area contributed by atoms with E-state index in [0.717, 1.165) is 24.3 Å². The summed E-state index contributed by atoms with van der Waals surface area (Å²) < 4.78 is 5.44. The maximum atomic E-state index is 9.06. The van der Waals surface area contributed by atoms with E-state index in [4.69, 9.17) is 15.7 Å². The van der Waals surface area contributed by atoms with Crippen LogP contribution in [0.4, 0.5) is 0 Å². The van der Waals surface area contributed by atoms with Gasteiger partial charge < -0.3 is 10.5 Å². The largest absolute Gasteiger partial charge is 0.493 e.